The van der Waals surface area contributed by atoms with Gasteiger partial charge in [-0.05, 0) is 31.4 Å². The zero-order valence-electron chi connectivity index (χ0n) is 10.6. The van der Waals surface area contributed by atoms with Gasteiger partial charge in [0.2, 0.25) is 0 Å². The van der Waals surface area contributed by atoms with E-state index in [9.17, 15) is 0 Å². The fourth-order valence-corrected chi connectivity index (χ4v) is 3.08. The number of nitrogens with one attached hydrogen (secondary N) is 1. The summed E-state index contributed by atoms with van der Waals surface area (Å²) in [6.45, 7) is 3.49. The minimum Gasteiger partial charge on any atom is -0.492 e. The molecule has 4 heteroatoms. The second-order valence-corrected chi connectivity index (χ2v) is 5.18. The predicted molar refractivity (Wildman–Crippen MR) is 68.6 cm³/mol. The van der Waals surface area contributed by atoms with Crippen molar-refractivity contribution >= 4 is 0 Å². The predicted octanol–water partition coefficient (Wildman–Crippen LogP) is 1.62. The van der Waals surface area contributed by atoms with Gasteiger partial charge in [-0.15, -0.1) is 0 Å². The summed E-state index contributed by atoms with van der Waals surface area (Å²) in [5, 5.41) is 3.45. The summed E-state index contributed by atoms with van der Waals surface area (Å²) in [5.41, 5.74) is 0.0143. The first-order chi connectivity index (χ1) is 8.89. The Kier molecular flexibility index (Phi) is 3.48. The van der Waals surface area contributed by atoms with Crippen LogP contribution in [0.25, 0.3) is 0 Å². The number of aromatic nitrogens is 1. The molecule has 1 aliphatic carbocycles. The number of ether oxygens (including phenoxy) is 2. The first-order valence-corrected chi connectivity index (χ1v) is 6.77. The largest absolute Gasteiger partial charge is 0.492 e. The van der Waals surface area contributed by atoms with E-state index in [1.54, 1.807) is 12.4 Å². The highest BCUT2D eigenvalue weighted by atomic mass is 16.5. The number of morpholine rings is 1. The van der Waals surface area contributed by atoms with Gasteiger partial charge >= 0.3 is 0 Å². The van der Waals surface area contributed by atoms with E-state index < -0.39 is 0 Å². The molecule has 2 atom stereocenters. The van der Waals surface area contributed by atoms with Crippen LogP contribution in [0.15, 0.2) is 24.5 Å². The Morgan fingerprint density at radius 2 is 2.56 bits per heavy atom. The molecule has 1 saturated heterocycles. The second kappa shape index (κ2) is 5.24. The summed E-state index contributed by atoms with van der Waals surface area (Å²) in [6, 6.07) is 3.85. The number of hydrogen-bond acceptors (Lipinski definition) is 4. The van der Waals surface area contributed by atoms with Crippen LogP contribution in [0.5, 0.6) is 5.75 Å². The summed E-state index contributed by atoms with van der Waals surface area (Å²) in [7, 11) is 0. The van der Waals surface area contributed by atoms with Gasteiger partial charge < -0.3 is 14.8 Å². The Morgan fingerprint density at radius 1 is 1.56 bits per heavy atom. The third-order valence-electron chi connectivity index (χ3n) is 4.07. The van der Waals surface area contributed by atoms with E-state index in [2.05, 4.69) is 10.3 Å². The Morgan fingerprint density at radius 3 is 3.33 bits per heavy atom. The lowest BCUT2D eigenvalue weighted by molar-refractivity contribution is -0.0981. The Balaban J connectivity index is 1.61. The molecule has 0 aromatic carbocycles. The van der Waals surface area contributed by atoms with E-state index in [4.69, 9.17) is 9.47 Å². The Labute approximate surface area is 108 Å². The van der Waals surface area contributed by atoms with E-state index in [0.717, 1.165) is 38.5 Å². The highest BCUT2D eigenvalue weighted by Gasteiger charge is 2.45. The van der Waals surface area contributed by atoms with Gasteiger partial charge in [0.05, 0.1) is 25.0 Å². The maximum absolute atomic E-state index is 6.07. The smallest absolute Gasteiger partial charge is 0.137 e. The normalized spacial score (nSPS) is 31.7. The van der Waals surface area contributed by atoms with Crippen LogP contribution in [0.2, 0.25) is 0 Å². The quantitative estimate of drug-likeness (QED) is 0.882. The van der Waals surface area contributed by atoms with Crippen molar-refractivity contribution in [2.75, 3.05) is 26.3 Å². The molecule has 2 aliphatic rings. The molecule has 2 fully saturated rings. The minimum atomic E-state index is 0.0143. The average Bonchev–Trinajstić information content (AvgIpc) is 2.81. The van der Waals surface area contributed by atoms with Crippen LogP contribution in [0.4, 0.5) is 0 Å². The Bertz CT molecular complexity index is 377. The SMILES string of the molecule is c1cncc(OC[C@@H]2CCC[C@@]23CNCCO3)c1. The third kappa shape index (κ3) is 2.35. The van der Waals surface area contributed by atoms with Crippen molar-refractivity contribution in [3.8, 4) is 5.75 Å². The number of nitrogens with zero attached hydrogens (tertiary/aromatic N) is 1. The van der Waals surface area contributed by atoms with Crippen molar-refractivity contribution in [3.63, 3.8) is 0 Å². The molecule has 1 N–H and O–H groups in total. The molecule has 1 saturated carbocycles. The number of pyridine rings is 1. The van der Waals surface area contributed by atoms with Gasteiger partial charge in [-0.3, -0.25) is 4.98 Å². The standard InChI is InChI=1S/C14H20N2O2/c1-3-12(10-17-13-4-2-6-15-9-13)14(5-1)11-16-7-8-18-14/h2,4,6,9,12,16H,1,3,5,7-8,10-11H2/t12-,14+/m0/s1. The van der Waals surface area contributed by atoms with Crippen molar-refractivity contribution in [2.45, 2.75) is 24.9 Å². The van der Waals surface area contributed by atoms with Crippen LogP contribution < -0.4 is 10.1 Å². The molecule has 1 spiro atoms. The summed E-state index contributed by atoms with van der Waals surface area (Å²) in [5.74, 6) is 1.34. The van der Waals surface area contributed by atoms with Crippen LogP contribution >= 0.6 is 0 Å². The first kappa shape index (κ1) is 11.9. The van der Waals surface area contributed by atoms with Gasteiger partial charge in [0, 0.05) is 25.2 Å². The Hall–Kier alpha value is -1.13. The van der Waals surface area contributed by atoms with Gasteiger partial charge in [0.25, 0.3) is 0 Å². The van der Waals surface area contributed by atoms with E-state index in [-0.39, 0.29) is 5.60 Å². The van der Waals surface area contributed by atoms with Crippen LogP contribution in [0.3, 0.4) is 0 Å². The van der Waals surface area contributed by atoms with Gasteiger partial charge in [0.1, 0.15) is 5.75 Å². The van der Waals surface area contributed by atoms with Crippen LogP contribution in [-0.4, -0.2) is 36.9 Å². The fraction of sp³-hybridized carbons (Fsp3) is 0.643. The lowest BCUT2D eigenvalue weighted by Crippen LogP contribution is -2.53. The second-order valence-electron chi connectivity index (χ2n) is 5.18. The molecular formula is C14H20N2O2. The number of hydrogen-bond donors (Lipinski definition) is 1. The molecule has 4 nitrogen and oxygen atoms in total. The maximum Gasteiger partial charge on any atom is 0.137 e. The summed E-state index contributed by atoms with van der Waals surface area (Å²) >= 11 is 0. The van der Waals surface area contributed by atoms with Gasteiger partial charge in [0.15, 0.2) is 0 Å². The van der Waals surface area contributed by atoms with E-state index in [1.807, 2.05) is 12.1 Å². The lowest BCUT2D eigenvalue weighted by Gasteiger charge is -2.39. The molecule has 1 aromatic heterocycles. The van der Waals surface area contributed by atoms with E-state index >= 15 is 0 Å². The molecule has 0 amide bonds. The van der Waals surface area contributed by atoms with Crippen LogP contribution in [0.1, 0.15) is 19.3 Å². The zero-order valence-corrected chi connectivity index (χ0v) is 10.6. The first-order valence-electron chi connectivity index (χ1n) is 6.77. The minimum absolute atomic E-state index is 0.0143. The van der Waals surface area contributed by atoms with Crippen molar-refractivity contribution in [3.05, 3.63) is 24.5 Å². The van der Waals surface area contributed by atoms with Crippen molar-refractivity contribution in [1.82, 2.24) is 10.3 Å². The molecule has 18 heavy (non-hydrogen) atoms. The summed E-state index contributed by atoms with van der Waals surface area (Å²) in [4.78, 5) is 4.07. The summed E-state index contributed by atoms with van der Waals surface area (Å²) < 4.78 is 11.9. The van der Waals surface area contributed by atoms with Crippen molar-refractivity contribution in [2.24, 2.45) is 5.92 Å². The fourth-order valence-electron chi connectivity index (χ4n) is 3.08. The van der Waals surface area contributed by atoms with E-state index in [1.165, 1.54) is 12.8 Å². The van der Waals surface area contributed by atoms with Gasteiger partial charge in [-0.25, -0.2) is 0 Å². The van der Waals surface area contributed by atoms with Gasteiger partial charge in [-0.2, -0.15) is 0 Å². The highest BCUT2D eigenvalue weighted by molar-refractivity contribution is 5.15. The van der Waals surface area contributed by atoms with Crippen LogP contribution in [-0.2, 0) is 4.74 Å². The monoisotopic (exact) mass is 248 g/mol. The molecule has 0 unspecified atom stereocenters. The number of rotatable bonds is 3. The zero-order chi connectivity index (χ0) is 12.3. The molecule has 1 aromatic rings. The van der Waals surface area contributed by atoms with Gasteiger partial charge in [-0.1, -0.05) is 0 Å². The average molecular weight is 248 g/mol. The molecular weight excluding hydrogens is 228 g/mol. The molecule has 0 bridgehead atoms. The molecule has 98 valence electrons. The van der Waals surface area contributed by atoms with Crippen LogP contribution in [0, 0.1) is 5.92 Å². The van der Waals surface area contributed by atoms with Crippen molar-refractivity contribution < 1.29 is 9.47 Å². The summed E-state index contributed by atoms with van der Waals surface area (Å²) in [6.07, 6.45) is 7.12. The van der Waals surface area contributed by atoms with Crippen molar-refractivity contribution in [1.29, 1.82) is 0 Å². The van der Waals surface area contributed by atoms with E-state index in [0.29, 0.717) is 5.92 Å². The topological polar surface area (TPSA) is 43.4 Å². The molecule has 0 radical (unpaired) electrons. The maximum atomic E-state index is 6.07. The molecule has 1 aliphatic heterocycles. The molecule has 3 rings (SSSR count). The molecule has 2 heterocycles. The third-order valence-corrected chi connectivity index (χ3v) is 4.07. The lowest BCUT2D eigenvalue weighted by atomic mass is 9.90. The highest BCUT2D eigenvalue weighted by Crippen LogP contribution is 2.39.